The van der Waals surface area contributed by atoms with Crippen LogP contribution in [0, 0.1) is 0 Å². The lowest BCUT2D eigenvalue weighted by molar-refractivity contribution is -0.121. The number of hydrogen-bond acceptors (Lipinski definition) is 3. The van der Waals surface area contributed by atoms with Crippen molar-refractivity contribution in [3.05, 3.63) is 59.1 Å². The van der Waals surface area contributed by atoms with Gasteiger partial charge in [-0.05, 0) is 29.8 Å². The highest BCUT2D eigenvalue weighted by Gasteiger charge is 2.41. The second kappa shape index (κ2) is 5.86. The van der Waals surface area contributed by atoms with E-state index in [4.69, 9.17) is 11.6 Å². The maximum atomic E-state index is 13.1. The first-order chi connectivity index (χ1) is 10.9. The molecule has 1 atom stereocenters. The number of anilines is 1. The summed E-state index contributed by atoms with van der Waals surface area (Å²) in [6.07, 6.45) is 0.343. The lowest BCUT2D eigenvalue weighted by Gasteiger charge is -2.25. The van der Waals surface area contributed by atoms with Crippen LogP contribution in [0.4, 0.5) is 5.69 Å². The fourth-order valence-electron chi connectivity index (χ4n) is 2.76. The zero-order chi connectivity index (χ0) is 16.6. The Kier molecular flexibility index (Phi) is 4.04. The standard InChI is InChI=1S/C16H15ClN2O3S/c1-18-16(20)15-9-11-5-2-3-8-14(11)19(15)23(21,22)13-7-4-6-12(17)10-13/h2-8,10,15H,9H2,1H3,(H,18,20). The van der Waals surface area contributed by atoms with Crippen molar-refractivity contribution in [1.29, 1.82) is 0 Å². The molecule has 5 nitrogen and oxygen atoms in total. The molecule has 0 aromatic heterocycles. The maximum absolute atomic E-state index is 13.1. The minimum absolute atomic E-state index is 0.0654. The molecule has 1 heterocycles. The van der Waals surface area contributed by atoms with Gasteiger partial charge >= 0.3 is 0 Å². The predicted octanol–water partition coefficient (Wildman–Crippen LogP) is 2.21. The topological polar surface area (TPSA) is 66.5 Å². The zero-order valence-electron chi connectivity index (χ0n) is 12.4. The summed E-state index contributed by atoms with van der Waals surface area (Å²) in [7, 11) is -2.40. The molecule has 0 spiro atoms. The maximum Gasteiger partial charge on any atom is 0.265 e. The van der Waals surface area contributed by atoms with Gasteiger partial charge in [0, 0.05) is 18.5 Å². The number of fused-ring (bicyclic) bond motifs is 1. The van der Waals surface area contributed by atoms with Crippen LogP contribution in [0.1, 0.15) is 5.56 Å². The summed E-state index contributed by atoms with van der Waals surface area (Å²) in [6, 6.07) is 12.4. The molecule has 0 radical (unpaired) electrons. The summed E-state index contributed by atoms with van der Waals surface area (Å²) in [6.45, 7) is 0. The number of benzene rings is 2. The molecule has 0 saturated carbocycles. The molecule has 23 heavy (non-hydrogen) atoms. The third-order valence-electron chi connectivity index (χ3n) is 3.83. The first-order valence-electron chi connectivity index (χ1n) is 7.04. The average Bonchev–Trinajstić information content (AvgIpc) is 2.94. The molecule has 2 aromatic carbocycles. The number of hydrogen-bond donors (Lipinski definition) is 1. The van der Waals surface area contributed by atoms with E-state index in [-0.39, 0.29) is 10.8 Å². The number of amides is 1. The largest absolute Gasteiger partial charge is 0.357 e. The average molecular weight is 351 g/mol. The van der Waals surface area contributed by atoms with Gasteiger partial charge in [-0.3, -0.25) is 9.10 Å². The number of rotatable bonds is 3. The Bertz CT molecular complexity index is 867. The van der Waals surface area contributed by atoms with Crippen LogP contribution in [0.15, 0.2) is 53.4 Å². The fraction of sp³-hybridized carbons (Fsp3) is 0.188. The van der Waals surface area contributed by atoms with Crippen LogP contribution in [-0.4, -0.2) is 27.4 Å². The van der Waals surface area contributed by atoms with E-state index < -0.39 is 16.1 Å². The van der Waals surface area contributed by atoms with Crippen molar-refractivity contribution in [2.75, 3.05) is 11.4 Å². The van der Waals surface area contributed by atoms with Crippen molar-refractivity contribution in [3.8, 4) is 0 Å². The minimum Gasteiger partial charge on any atom is -0.357 e. The van der Waals surface area contributed by atoms with Crippen LogP contribution in [0.2, 0.25) is 5.02 Å². The van der Waals surface area contributed by atoms with Gasteiger partial charge in [0.25, 0.3) is 10.0 Å². The van der Waals surface area contributed by atoms with Gasteiger partial charge in [0.1, 0.15) is 6.04 Å². The van der Waals surface area contributed by atoms with Crippen LogP contribution >= 0.6 is 11.6 Å². The molecule has 1 unspecified atom stereocenters. The Labute approximate surface area is 139 Å². The monoisotopic (exact) mass is 350 g/mol. The summed E-state index contributed by atoms with van der Waals surface area (Å²) in [5.74, 6) is -0.341. The highest BCUT2D eigenvalue weighted by molar-refractivity contribution is 7.93. The molecule has 0 bridgehead atoms. The number of halogens is 1. The van der Waals surface area contributed by atoms with Crippen LogP contribution in [0.25, 0.3) is 0 Å². The number of likely N-dealkylation sites (N-methyl/N-ethyl adjacent to an activating group) is 1. The SMILES string of the molecule is CNC(=O)C1Cc2ccccc2N1S(=O)(=O)c1cccc(Cl)c1. The lowest BCUT2D eigenvalue weighted by Crippen LogP contribution is -2.47. The highest BCUT2D eigenvalue weighted by Crippen LogP contribution is 2.37. The van der Waals surface area contributed by atoms with Gasteiger partial charge in [-0.1, -0.05) is 35.9 Å². The Balaban J connectivity index is 2.15. The molecule has 1 N–H and O–H groups in total. The summed E-state index contributed by atoms with van der Waals surface area (Å²) in [5.41, 5.74) is 1.35. The lowest BCUT2D eigenvalue weighted by atomic mass is 10.1. The second-order valence-corrected chi connectivity index (χ2v) is 7.47. The molecule has 7 heteroatoms. The number of nitrogens with zero attached hydrogens (tertiary/aromatic N) is 1. The third-order valence-corrected chi connectivity index (χ3v) is 5.88. The van der Waals surface area contributed by atoms with Gasteiger partial charge < -0.3 is 5.32 Å². The van der Waals surface area contributed by atoms with Gasteiger partial charge in [0.2, 0.25) is 5.91 Å². The predicted molar refractivity (Wildman–Crippen MR) is 89.1 cm³/mol. The van der Waals surface area contributed by atoms with Gasteiger partial charge in [-0.2, -0.15) is 0 Å². The molecule has 0 aliphatic carbocycles. The van der Waals surface area contributed by atoms with Gasteiger partial charge in [0.05, 0.1) is 10.6 Å². The van der Waals surface area contributed by atoms with Crippen molar-refractivity contribution in [2.24, 2.45) is 0 Å². The third kappa shape index (κ3) is 2.68. The number of carbonyl (C=O) groups excluding carboxylic acids is 1. The molecular weight excluding hydrogens is 336 g/mol. The Morgan fingerprint density at radius 3 is 2.65 bits per heavy atom. The molecule has 3 rings (SSSR count). The summed E-state index contributed by atoms with van der Waals surface area (Å²) in [4.78, 5) is 12.3. The van der Waals surface area contributed by atoms with E-state index in [1.165, 1.54) is 23.5 Å². The van der Waals surface area contributed by atoms with E-state index in [1.54, 1.807) is 24.3 Å². The summed E-state index contributed by atoms with van der Waals surface area (Å²) < 4.78 is 27.3. The summed E-state index contributed by atoms with van der Waals surface area (Å²) in [5, 5.41) is 2.86. The van der Waals surface area contributed by atoms with Crippen molar-refractivity contribution in [2.45, 2.75) is 17.4 Å². The molecule has 0 saturated heterocycles. The van der Waals surface area contributed by atoms with E-state index in [0.717, 1.165) is 5.56 Å². The highest BCUT2D eigenvalue weighted by atomic mass is 35.5. The fourth-order valence-corrected chi connectivity index (χ4v) is 4.71. The Morgan fingerprint density at radius 1 is 1.22 bits per heavy atom. The van der Waals surface area contributed by atoms with Crippen molar-refractivity contribution in [3.63, 3.8) is 0 Å². The molecule has 0 fully saturated rings. The normalized spacial score (nSPS) is 17.0. The van der Waals surface area contributed by atoms with Crippen LogP contribution in [0.5, 0.6) is 0 Å². The van der Waals surface area contributed by atoms with Crippen molar-refractivity contribution in [1.82, 2.24) is 5.32 Å². The minimum atomic E-state index is -3.89. The number of para-hydroxylation sites is 1. The number of carbonyl (C=O) groups is 1. The van der Waals surface area contributed by atoms with Crippen molar-refractivity contribution < 1.29 is 13.2 Å². The molecule has 1 amide bonds. The van der Waals surface area contributed by atoms with Gasteiger partial charge in [-0.25, -0.2) is 8.42 Å². The number of nitrogens with one attached hydrogen (secondary N) is 1. The smallest absolute Gasteiger partial charge is 0.265 e. The first kappa shape index (κ1) is 15.8. The Hall–Kier alpha value is -2.05. The molecule has 2 aromatic rings. The Morgan fingerprint density at radius 2 is 1.96 bits per heavy atom. The first-order valence-corrected chi connectivity index (χ1v) is 8.86. The van der Waals surface area contributed by atoms with E-state index in [9.17, 15) is 13.2 Å². The summed E-state index contributed by atoms with van der Waals surface area (Å²) >= 11 is 5.92. The van der Waals surface area contributed by atoms with Crippen LogP contribution < -0.4 is 9.62 Å². The molecule has 1 aliphatic rings. The van der Waals surface area contributed by atoms with Crippen molar-refractivity contribution >= 4 is 33.2 Å². The second-order valence-electron chi connectivity index (χ2n) is 5.22. The van der Waals surface area contributed by atoms with Crippen LogP contribution in [0.3, 0.4) is 0 Å². The zero-order valence-corrected chi connectivity index (χ0v) is 13.9. The molecular formula is C16H15ClN2O3S. The van der Waals surface area contributed by atoms with E-state index >= 15 is 0 Å². The molecule has 120 valence electrons. The van der Waals surface area contributed by atoms with E-state index in [1.807, 2.05) is 12.1 Å². The van der Waals surface area contributed by atoms with Gasteiger partial charge in [-0.15, -0.1) is 0 Å². The van der Waals surface area contributed by atoms with Crippen LogP contribution in [-0.2, 0) is 21.2 Å². The van der Waals surface area contributed by atoms with Gasteiger partial charge in [0.15, 0.2) is 0 Å². The quantitative estimate of drug-likeness (QED) is 0.922. The van der Waals surface area contributed by atoms with E-state index in [2.05, 4.69) is 5.32 Å². The number of sulfonamides is 1. The van der Waals surface area contributed by atoms with E-state index in [0.29, 0.717) is 17.1 Å². The molecule has 1 aliphatic heterocycles.